The molecule has 19 heteroatoms. The molecule has 1 atom stereocenters. The van der Waals surface area contributed by atoms with E-state index in [1.54, 1.807) is 49.4 Å². The lowest BCUT2D eigenvalue weighted by atomic mass is 10.1. The number of aromatic nitrogens is 2. The van der Waals surface area contributed by atoms with E-state index in [1.807, 2.05) is 13.8 Å². The van der Waals surface area contributed by atoms with Gasteiger partial charge in [-0.1, -0.05) is 28.4 Å². The van der Waals surface area contributed by atoms with Gasteiger partial charge in [-0.15, -0.1) is 0 Å². The van der Waals surface area contributed by atoms with Crippen LogP contribution in [0.25, 0.3) is 11.0 Å². The van der Waals surface area contributed by atoms with Crippen LogP contribution in [0.2, 0.25) is 10.0 Å². The third kappa shape index (κ3) is 12.4. The second-order valence-corrected chi connectivity index (χ2v) is 12.0. The monoisotopic (exact) mass is 804 g/mol. The first-order valence-electron chi connectivity index (χ1n) is 15.7. The van der Waals surface area contributed by atoms with E-state index in [-0.39, 0.29) is 29.7 Å². The highest BCUT2D eigenvalue weighted by atomic mass is 35.5. The van der Waals surface area contributed by atoms with Crippen LogP contribution in [0, 0.1) is 10.1 Å². The molecule has 0 saturated carbocycles. The fraction of sp³-hybridized carbons (Fsp3) is 0.194. The van der Waals surface area contributed by atoms with Crippen molar-refractivity contribution < 1.29 is 56.6 Å². The second kappa shape index (κ2) is 18.7. The van der Waals surface area contributed by atoms with Crippen LogP contribution < -0.4 is 14.2 Å². The third-order valence-corrected chi connectivity index (χ3v) is 7.25. The van der Waals surface area contributed by atoms with Gasteiger partial charge in [0.05, 0.1) is 38.5 Å². The van der Waals surface area contributed by atoms with Crippen molar-refractivity contribution in [3.8, 4) is 28.9 Å². The number of hydrogen-bond donors (Lipinski definition) is 1. The van der Waals surface area contributed by atoms with Gasteiger partial charge in [-0.3, -0.25) is 10.1 Å². The number of esters is 1. The lowest BCUT2D eigenvalue weighted by Gasteiger charge is -2.14. The van der Waals surface area contributed by atoms with Crippen LogP contribution in [0.5, 0.6) is 28.9 Å². The Labute approximate surface area is 320 Å². The zero-order valence-corrected chi connectivity index (χ0v) is 30.4. The molecule has 0 spiro atoms. The molecule has 55 heavy (non-hydrogen) atoms. The molecule has 0 bridgehead atoms. The van der Waals surface area contributed by atoms with E-state index < -0.39 is 46.0 Å². The van der Waals surface area contributed by atoms with Crippen LogP contribution in [0.3, 0.4) is 0 Å². The highest BCUT2D eigenvalue weighted by molar-refractivity contribution is 6.32. The van der Waals surface area contributed by atoms with Gasteiger partial charge in [-0.25, -0.2) is 19.6 Å². The highest BCUT2D eigenvalue weighted by Crippen LogP contribution is 2.37. The molecule has 288 valence electrons. The molecule has 4 aromatic carbocycles. The number of halogens is 5. The van der Waals surface area contributed by atoms with Crippen molar-refractivity contribution >= 4 is 57.6 Å². The number of rotatable bonds is 13. The van der Waals surface area contributed by atoms with Crippen LogP contribution in [0.4, 0.5) is 18.9 Å². The van der Waals surface area contributed by atoms with Crippen molar-refractivity contribution in [2.45, 2.75) is 33.1 Å². The van der Waals surface area contributed by atoms with Crippen LogP contribution in [-0.4, -0.2) is 57.0 Å². The Morgan fingerprint density at radius 3 is 2.24 bits per heavy atom. The molecule has 0 radical (unpaired) electrons. The van der Waals surface area contributed by atoms with Gasteiger partial charge in [0.15, 0.2) is 12.7 Å². The predicted molar refractivity (Wildman–Crippen MR) is 193 cm³/mol. The lowest BCUT2D eigenvalue weighted by molar-refractivity contribution is -0.385. The number of benzene rings is 4. The van der Waals surface area contributed by atoms with E-state index in [0.29, 0.717) is 39.5 Å². The molecule has 0 aliphatic carbocycles. The van der Waals surface area contributed by atoms with Gasteiger partial charge >= 0.3 is 18.1 Å². The summed E-state index contributed by atoms with van der Waals surface area (Å²) in [6, 6.07) is 17.3. The number of carbonyl (C=O) groups excluding carboxylic acids is 1. The predicted octanol–water partition coefficient (Wildman–Crippen LogP) is 9.56. The minimum atomic E-state index is -4.58. The lowest BCUT2D eigenvalue weighted by Crippen LogP contribution is -2.27. The molecule has 0 aliphatic rings. The number of nitrogens with zero attached hydrogens (tertiary/aromatic N) is 4. The Bertz CT molecular complexity index is 2200. The average molecular weight is 806 g/mol. The summed E-state index contributed by atoms with van der Waals surface area (Å²) < 4.78 is 59.3. The van der Waals surface area contributed by atoms with E-state index in [2.05, 4.69) is 15.1 Å². The van der Waals surface area contributed by atoms with Crippen LogP contribution in [-0.2, 0) is 20.5 Å². The molecule has 1 N–H and O–H groups in total. The van der Waals surface area contributed by atoms with E-state index >= 15 is 0 Å². The molecule has 5 rings (SSSR count). The number of carboxylic acids is 1. The summed E-state index contributed by atoms with van der Waals surface area (Å²) in [5.74, 6) is -0.925. The number of carboxylic acid groups (broad SMARTS) is 1. The maximum Gasteiger partial charge on any atom is 0.416 e. The van der Waals surface area contributed by atoms with Crippen molar-refractivity contribution in [3.05, 3.63) is 116 Å². The summed E-state index contributed by atoms with van der Waals surface area (Å²) in [6.07, 6.45) is -3.83. The molecule has 0 aliphatic heterocycles. The quantitative estimate of drug-likeness (QED) is 0.0392. The molecule has 0 amide bonds. The third-order valence-electron chi connectivity index (χ3n) is 6.72. The summed E-state index contributed by atoms with van der Waals surface area (Å²) in [4.78, 5) is 46.6. The smallest absolute Gasteiger partial charge is 0.416 e. The summed E-state index contributed by atoms with van der Waals surface area (Å²) in [5, 5.41) is 23.7. The zero-order valence-electron chi connectivity index (χ0n) is 28.9. The Balaban J connectivity index is 0.000000253. The van der Waals surface area contributed by atoms with Gasteiger partial charge in [0, 0.05) is 17.2 Å². The van der Waals surface area contributed by atoms with Crippen molar-refractivity contribution in [1.29, 1.82) is 0 Å². The topological polar surface area (TPSA) is 182 Å². The average Bonchev–Trinajstić information content (AvgIpc) is 3.12. The van der Waals surface area contributed by atoms with Crippen molar-refractivity contribution in [1.82, 2.24) is 9.97 Å². The number of oxime groups is 1. The van der Waals surface area contributed by atoms with E-state index in [1.165, 1.54) is 6.20 Å². The first-order valence-corrected chi connectivity index (χ1v) is 16.5. The molecule has 0 fully saturated rings. The number of carbonyl (C=O) groups is 2. The van der Waals surface area contributed by atoms with Gasteiger partial charge in [-0.2, -0.15) is 13.2 Å². The van der Waals surface area contributed by atoms with Gasteiger partial charge < -0.3 is 28.9 Å². The van der Waals surface area contributed by atoms with Crippen LogP contribution >= 0.6 is 23.2 Å². The van der Waals surface area contributed by atoms with Crippen molar-refractivity contribution in [3.63, 3.8) is 0 Å². The standard InChI is InChI=1S/C22H22ClN3O5.C14H7ClF3NO5/c1-14(2)26-29-11-10-28-22(27)15(3)30-17-5-7-18(8-6-17)31-21-13-24-20-12-16(23)4-9-19(20)25-21;15-10-5-7(14(16,17)18)1-4-12(10)24-8-2-3-11(19(22)23)9(6-8)13(20)21/h4-9,12-13,15H,10-11H2,1-3H3;1-6H,(H,20,21)/t15-;/m1./s1. The fourth-order valence-electron chi connectivity index (χ4n) is 4.24. The largest absolute Gasteiger partial charge is 0.479 e. The molecule has 14 nitrogen and oxygen atoms in total. The summed E-state index contributed by atoms with van der Waals surface area (Å²) in [6.45, 7) is 5.50. The first-order chi connectivity index (χ1) is 26.0. The summed E-state index contributed by atoms with van der Waals surface area (Å²) in [7, 11) is 0. The normalized spacial score (nSPS) is 11.3. The summed E-state index contributed by atoms with van der Waals surface area (Å²) in [5.41, 5.74) is -0.0998. The number of ether oxygens (including phenoxy) is 4. The number of fused-ring (bicyclic) bond motifs is 1. The number of hydrogen-bond acceptors (Lipinski definition) is 12. The van der Waals surface area contributed by atoms with E-state index in [9.17, 15) is 32.9 Å². The van der Waals surface area contributed by atoms with Crippen LogP contribution in [0.15, 0.2) is 90.2 Å². The maximum atomic E-state index is 12.6. The zero-order chi connectivity index (χ0) is 40.3. The minimum Gasteiger partial charge on any atom is -0.479 e. The van der Waals surface area contributed by atoms with E-state index in [4.69, 9.17) is 52.1 Å². The van der Waals surface area contributed by atoms with Gasteiger partial charge in [0.1, 0.15) is 35.2 Å². The molecule has 1 aromatic heterocycles. The van der Waals surface area contributed by atoms with Crippen molar-refractivity contribution in [2.75, 3.05) is 13.2 Å². The minimum absolute atomic E-state index is 0.0924. The van der Waals surface area contributed by atoms with E-state index in [0.717, 1.165) is 36.0 Å². The molecule has 1 heterocycles. The molecule has 0 unspecified atom stereocenters. The number of alkyl halides is 3. The van der Waals surface area contributed by atoms with Crippen molar-refractivity contribution in [2.24, 2.45) is 5.16 Å². The van der Waals surface area contributed by atoms with Gasteiger partial charge in [0.2, 0.25) is 5.88 Å². The van der Waals surface area contributed by atoms with Gasteiger partial charge in [0.25, 0.3) is 5.69 Å². The number of nitro groups is 1. The molecule has 5 aromatic rings. The Morgan fingerprint density at radius 1 is 0.909 bits per heavy atom. The first kappa shape index (κ1) is 41.6. The Morgan fingerprint density at radius 2 is 1.60 bits per heavy atom. The second-order valence-electron chi connectivity index (χ2n) is 11.2. The van der Waals surface area contributed by atoms with Gasteiger partial charge in [-0.05, 0) is 87.5 Å². The number of nitro benzene ring substituents is 1. The molecule has 0 saturated heterocycles. The fourth-order valence-corrected chi connectivity index (χ4v) is 4.63. The Hall–Kier alpha value is -6.20. The maximum absolute atomic E-state index is 12.6. The number of aromatic carboxylic acids is 1. The molecular weight excluding hydrogens is 776 g/mol. The molecular formula is C36H29Cl2F3N4O10. The van der Waals surface area contributed by atoms with Crippen LogP contribution in [0.1, 0.15) is 36.7 Å². The summed E-state index contributed by atoms with van der Waals surface area (Å²) >= 11 is 11.7. The highest BCUT2D eigenvalue weighted by Gasteiger charge is 2.31. The SMILES string of the molecule is CC(C)=NOCCOC(=O)[C@@H](C)Oc1ccc(Oc2cnc3cc(Cl)ccc3n2)cc1.O=C(O)c1cc(Oc2ccc(C(F)(F)F)cc2Cl)ccc1[N+](=O)[O-]. The Kier molecular flexibility index (Phi) is 14.1.